The van der Waals surface area contributed by atoms with E-state index in [4.69, 9.17) is 21.4 Å². The van der Waals surface area contributed by atoms with Gasteiger partial charge in [-0.2, -0.15) is 13.7 Å². The maximum Gasteiger partial charge on any atom is 0.295 e. The summed E-state index contributed by atoms with van der Waals surface area (Å²) in [5.74, 6) is 0. The van der Waals surface area contributed by atoms with Crippen LogP contribution in [-0.2, 0) is 10.1 Å². The minimum atomic E-state index is -4.39. The van der Waals surface area contributed by atoms with Crippen LogP contribution in [-0.4, -0.2) is 13.0 Å². The highest BCUT2D eigenvalue weighted by Gasteiger charge is 2.17. The Bertz CT molecular complexity index is 747. The molecule has 6 heteroatoms. The Morgan fingerprint density at radius 2 is 1.94 bits per heavy atom. The lowest BCUT2D eigenvalue weighted by atomic mass is 10.1. The Morgan fingerprint density at radius 1 is 1.24 bits per heavy atom. The van der Waals surface area contributed by atoms with Crippen LogP contribution in [0.3, 0.4) is 0 Å². The van der Waals surface area contributed by atoms with E-state index in [2.05, 4.69) is 0 Å². The zero-order valence-electron chi connectivity index (χ0n) is 8.38. The van der Waals surface area contributed by atoms with Gasteiger partial charge in [-0.1, -0.05) is 23.7 Å². The first-order chi connectivity index (χ1) is 7.95. The van der Waals surface area contributed by atoms with E-state index in [9.17, 15) is 8.42 Å². The number of rotatable bonds is 1. The summed E-state index contributed by atoms with van der Waals surface area (Å²) < 4.78 is 31.6. The van der Waals surface area contributed by atoms with E-state index in [0.29, 0.717) is 10.4 Å². The van der Waals surface area contributed by atoms with E-state index in [1.54, 1.807) is 12.1 Å². The highest BCUT2D eigenvalue weighted by molar-refractivity contribution is 7.86. The van der Waals surface area contributed by atoms with Crippen LogP contribution in [0.4, 0.5) is 0 Å². The molecule has 0 aliphatic heterocycles. The van der Waals surface area contributed by atoms with E-state index >= 15 is 0 Å². The summed E-state index contributed by atoms with van der Waals surface area (Å²) in [7, 11) is -4.39. The molecule has 17 heavy (non-hydrogen) atoms. The highest BCUT2D eigenvalue weighted by atomic mass is 35.5. The van der Waals surface area contributed by atoms with Crippen LogP contribution in [0.2, 0.25) is 5.02 Å². The second kappa shape index (κ2) is 4.00. The van der Waals surface area contributed by atoms with Gasteiger partial charge in [0.1, 0.15) is 4.90 Å². The third-order valence-corrected chi connectivity index (χ3v) is 3.57. The second-order valence-corrected chi connectivity index (χ2v) is 5.16. The highest BCUT2D eigenvalue weighted by Crippen LogP contribution is 2.31. The first kappa shape index (κ1) is 11.9. The molecule has 2 rings (SSSR count). The zero-order valence-corrected chi connectivity index (χ0v) is 9.96. The number of halogens is 1. The van der Waals surface area contributed by atoms with Gasteiger partial charge >= 0.3 is 0 Å². The van der Waals surface area contributed by atoms with Crippen LogP contribution >= 0.6 is 11.6 Å². The summed E-state index contributed by atoms with van der Waals surface area (Å²) in [6.45, 7) is 0. The van der Waals surface area contributed by atoms with Gasteiger partial charge in [-0.15, -0.1) is 0 Å². The van der Waals surface area contributed by atoms with E-state index in [1.165, 1.54) is 18.2 Å². The Kier molecular flexibility index (Phi) is 2.79. The third kappa shape index (κ3) is 1.98. The van der Waals surface area contributed by atoms with Crippen molar-refractivity contribution in [2.24, 2.45) is 0 Å². The summed E-state index contributed by atoms with van der Waals surface area (Å²) >= 11 is 5.92. The molecule has 0 spiro atoms. The summed E-state index contributed by atoms with van der Waals surface area (Å²) in [4.78, 5) is -0.311. The molecule has 0 atom stereocenters. The van der Waals surface area contributed by atoms with Gasteiger partial charge in [0.05, 0.1) is 11.6 Å². The molecule has 2 aromatic rings. The molecule has 0 bridgehead atoms. The maximum atomic E-state index is 11.2. The van der Waals surface area contributed by atoms with Crippen LogP contribution < -0.4 is 0 Å². The minimum absolute atomic E-state index is 0.144. The quantitative estimate of drug-likeness (QED) is 0.806. The number of hydrogen-bond donors (Lipinski definition) is 1. The fraction of sp³-hybridized carbons (Fsp3) is 0. The van der Waals surface area contributed by atoms with Crippen molar-refractivity contribution in [1.29, 1.82) is 5.26 Å². The van der Waals surface area contributed by atoms with Crippen molar-refractivity contribution in [3.8, 4) is 6.07 Å². The molecule has 0 aliphatic rings. The lowest BCUT2D eigenvalue weighted by Crippen LogP contribution is -2.00. The molecule has 0 unspecified atom stereocenters. The molecular formula is C11H6ClNO3S. The summed E-state index contributed by atoms with van der Waals surface area (Å²) in [5, 5.41) is 9.83. The SMILES string of the molecule is N#Cc1cccc2c(Cl)ccc(S(=O)(=O)O)c12. The van der Waals surface area contributed by atoms with Crippen molar-refractivity contribution in [2.45, 2.75) is 4.90 Å². The molecule has 2 aromatic carbocycles. The van der Waals surface area contributed by atoms with E-state index < -0.39 is 10.1 Å². The van der Waals surface area contributed by atoms with Gasteiger partial charge in [0.25, 0.3) is 10.1 Å². The molecule has 0 aliphatic carbocycles. The maximum absolute atomic E-state index is 11.2. The molecular weight excluding hydrogens is 262 g/mol. The Balaban J connectivity index is 3.09. The first-order valence-corrected chi connectivity index (χ1v) is 6.36. The molecule has 1 N–H and O–H groups in total. The second-order valence-electron chi connectivity index (χ2n) is 3.36. The van der Waals surface area contributed by atoms with Crippen molar-refractivity contribution in [1.82, 2.24) is 0 Å². The fourth-order valence-electron chi connectivity index (χ4n) is 1.65. The molecule has 0 aromatic heterocycles. The van der Waals surface area contributed by atoms with Crippen molar-refractivity contribution in [3.63, 3.8) is 0 Å². The molecule has 0 amide bonds. The van der Waals surface area contributed by atoms with Crippen LogP contribution in [0.25, 0.3) is 10.8 Å². The van der Waals surface area contributed by atoms with E-state index in [1.807, 2.05) is 6.07 Å². The van der Waals surface area contributed by atoms with E-state index in [0.717, 1.165) is 0 Å². The molecule has 4 nitrogen and oxygen atoms in total. The van der Waals surface area contributed by atoms with Gasteiger partial charge in [-0.05, 0) is 18.2 Å². The summed E-state index contributed by atoms with van der Waals surface area (Å²) in [5.41, 5.74) is 0.151. The molecule has 0 heterocycles. The smallest absolute Gasteiger partial charge is 0.282 e. The normalized spacial score (nSPS) is 11.4. The number of nitriles is 1. The topological polar surface area (TPSA) is 78.2 Å². The van der Waals surface area contributed by atoms with Gasteiger partial charge in [0.2, 0.25) is 0 Å². The molecule has 86 valence electrons. The lowest BCUT2D eigenvalue weighted by Gasteiger charge is -2.06. The van der Waals surface area contributed by atoms with Gasteiger partial charge in [-0.25, -0.2) is 0 Å². The first-order valence-electron chi connectivity index (χ1n) is 4.54. The third-order valence-electron chi connectivity index (χ3n) is 2.35. The minimum Gasteiger partial charge on any atom is -0.282 e. The number of nitrogens with zero attached hydrogens (tertiary/aromatic N) is 1. The average Bonchev–Trinajstić information content (AvgIpc) is 2.27. The molecule has 0 fully saturated rings. The van der Waals surface area contributed by atoms with Crippen LogP contribution in [0.5, 0.6) is 0 Å². The molecule has 0 saturated carbocycles. The van der Waals surface area contributed by atoms with Crippen LogP contribution in [0.1, 0.15) is 5.56 Å². The fourth-order valence-corrected chi connectivity index (χ4v) is 2.59. The average molecular weight is 268 g/mol. The van der Waals surface area contributed by atoms with Crippen molar-refractivity contribution in [3.05, 3.63) is 40.9 Å². The van der Waals surface area contributed by atoms with Gasteiger partial charge < -0.3 is 0 Å². The Morgan fingerprint density at radius 3 is 2.53 bits per heavy atom. The summed E-state index contributed by atoms with van der Waals surface area (Å²) in [6, 6.07) is 9.08. The largest absolute Gasteiger partial charge is 0.295 e. The van der Waals surface area contributed by atoms with Crippen LogP contribution in [0, 0.1) is 11.3 Å². The van der Waals surface area contributed by atoms with E-state index in [-0.39, 0.29) is 15.8 Å². The number of hydrogen-bond acceptors (Lipinski definition) is 3. The zero-order chi connectivity index (χ0) is 12.6. The monoisotopic (exact) mass is 267 g/mol. The number of fused-ring (bicyclic) bond motifs is 1. The van der Waals surface area contributed by atoms with Gasteiger partial charge in [-0.3, -0.25) is 4.55 Å². The lowest BCUT2D eigenvalue weighted by molar-refractivity contribution is 0.484. The number of benzene rings is 2. The molecule has 0 saturated heterocycles. The van der Waals surface area contributed by atoms with Gasteiger partial charge in [0.15, 0.2) is 0 Å². The molecule has 0 radical (unpaired) electrons. The van der Waals surface area contributed by atoms with Crippen molar-refractivity contribution < 1.29 is 13.0 Å². The predicted octanol–water partition coefficient (Wildman–Crippen LogP) is 2.61. The van der Waals surface area contributed by atoms with Crippen molar-refractivity contribution >= 4 is 32.5 Å². The Labute approximate surface area is 103 Å². The Hall–Kier alpha value is -1.61. The standard InChI is InChI=1S/C11H6ClNO3S/c12-9-4-5-10(17(14,15)16)11-7(6-13)2-1-3-8(9)11/h1-5H,(H,14,15,16). The predicted molar refractivity (Wildman–Crippen MR) is 63.5 cm³/mol. The summed E-state index contributed by atoms with van der Waals surface area (Å²) in [6.07, 6.45) is 0. The van der Waals surface area contributed by atoms with Crippen molar-refractivity contribution in [2.75, 3.05) is 0 Å². The van der Waals surface area contributed by atoms with Gasteiger partial charge in [0, 0.05) is 15.8 Å². The van der Waals surface area contributed by atoms with Crippen LogP contribution in [0.15, 0.2) is 35.2 Å².